The molecule has 0 aliphatic heterocycles. The first-order valence-corrected chi connectivity index (χ1v) is 6.83. The van der Waals surface area contributed by atoms with E-state index < -0.39 is 0 Å². The lowest BCUT2D eigenvalue weighted by Crippen LogP contribution is -2.18. The van der Waals surface area contributed by atoms with E-state index in [2.05, 4.69) is 33.2 Å². The van der Waals surface area contributed by atoms with Gasteiger partial charge in [0.1, 0.15) is 0 Å². The molecule has 0 aromatic heterocycles. The van der Waals surface area contributed by atoms with Crippen molar-refractivity contribution in [1.82, 2.24) is 5.32 Å². The molecule has 0 bridgehead atoms. The van der Waals surface area contributed by atoms with E-state index in [0.29, 0.717) is 11.3 Å². The molecule has 0 aliphatic rings. The van der Waals surface area contributed by atoms with Gasteiger partial charge in [0.2, 0.25) is 0 Å². The minimum absolute atomic E-state index is 0.146. The van der Waals surface area contributed by atoms with E-state index in [9.17, 15) is 4.79 Å². The highest BCUT2D eigenvalue weighted by Gasteiger charge is 2.07. The Labute approximate surface area is 125 Å². The van der Waals surface area contributed by atoms with Gasteiger partial charge in [0.15, 0.2) is 0 Å². The smallest absolute Gasteiger partial charge is 0.251 e. The fraction of sp³-hybridized carbons (Fsp3) is 0.0714. The van der Waals surface area contributed by atoms with Gasteiger partial charge in [0.05, 0.1) is 17.1 Å². The number of rotatable bonds is 3. The standard InChI is InChI=1S/C14H14IN3O/c1-17-14(19)9-6-7-13(11(16)8-9)18-12-5-3-2-4-10(12)15/h2-8,18H,16H2,1H3,(H,17,19). The predicted molar refractivity (Wildman–Crippen MR) is 86.7 cm³/mol. The van der Waals surface area contributed by atoms with Gasteiger partial charge in [-0.3, -0.25) is 4.79 Å². The van der Waals surface area contributed by atoms with Crippen LogP contribution in [0.1, 0.15) is 10.4 Å². The number of amides is 1. The van der Waals surface area contributed by atoms with Gasteiger partial charge in [-0.2, -0.15) is 0 Å². The summed E-state index contributed by atoms with van der Waals surface area (Å²) in [5.74, 6) is -0.146. The number of benzene rings is 2. The number of nitrogen functional groups attached to an aromatic ring is 1. The molecule has 2 aromatic rings. The quantitative estimate of drug-likeness (QED) is 0.577. The van der Waals surface area contributed by atoms with E-state index in [1.165, 1.54) is 0 Å². The molecular formula is C14H14IN3O. The Morgan fingerprint density at radius 3 is 2.53 bits per heavy atom. The Hall–Kier alpha value is -1.76. The predicted octanol–water partition coefficient (Wildman–Crippen LogP) is 2.98. The lowest BCUT2D eigenvalue weighted by atomic mass is 10.1. The van der Waals surface area contributed by atoms with Gasteiger partial charge in [-0.05, 0) is 52.9 Å². The maximum Gasteiger partial charge on any atom is 0.251 e. The largest absolute Gasteiger partial charge is 0.397 e. The van der Waals surface area contributed by atoms with Crippen molar-refractivity contribution in [2.45, 2.75) is 0 Å². The van der Waals surface area contributed by atoms with Crippen molar-refractivity contribution in [1.29, 1.82) is 0 Å². The summed E-state index contributed by atoms with van der Waals surface area (Å²) in [4.78, 5) is 11.5. The molecule has 0 spiro atoms. The van der Waals surface area contributed by atoms with E-state index >= 15 is 0 Å². The summed E-state index contributed by atoms with van der Waals surface area (Å²) in [6.07, 6.45) is 0. The molecule has 0 aliphatic carbocycles. The van der Waals surface area contributed by atoms with Crippen LogP contribution in [0.3, 0.4) is 0 Å². The number of para-hydroxylation sites is 1. The van der Waals surface area contributed by atoms with Gasteiger partial charge >= 0.3 is 0 Å². The molecule has 0 fully saturated rings. The van der Waals surface area contributed by atoms with Crippen LogP contribution in [0.4, 0.5) is 17.1 Å². The second-order valence-corrected chi connectivity index (χ2v) is 5.15. The summed E-state index contributed by atoms with van der Waals surface area (Å²) in [5, 5.41) is 5.83. The van der Waals surface area contributed by atoms with Crippen molar-refractivity contribution in [2.75, 3.05) is 18.1 Å². The first-order valence-electron chi connectivity index (χ1n) is 5.75. The zero-order valence-corrected chi connectivity index (χ0v) is 12.6. The molecule has 0 atom stereocenters. The van der Waals surface area contributed by atoms with Gasteiger partial charge in [0.25, 0.3) is 5.91 Å². The van der Waals surface area contributed by atoms with Gasteiger partial charge in [-0.25, -0.2) is 0 Å². The average molecular weight is 367 g/mol. The molecular weight excluding hydrogens is 353 g/mol. The maximum absolute atomic E-state index is 11.5. The van der Waals surface area contributed by atoms with Crippen LogP contribution in [0.5, 0.6) is 0 Å². The van der Waals surface area contributed by atoms with E-state index in [1.54, 1.807) is 19.2 Å². The molecule has 0 radical (unpaired) electrons. The minimum Gasteiger partial charge on any atom is -0.397 e. The van der Waals surface area contributed by atoms with Crippen LogP contribution >= 0.6 is 22.6 Å². The van der Waals surface area contributed by atoms with Crippen LogP contribution in [0.2, 0.25) is 0 Å². The molecule has 4 N–H and O–H groups in total. The van der Waals surface area contributed by atoms with Crippen molar-refractivity contribution in [3.63, 3.8) is 0 Å². The van der Waals surface area contributed by atoms with Crippen LogP contribution < -0.4 is 16.4 Å². The Balaban J connectivity index is 2.27. The molecule has 2 aromatic carbocycles. The number of halogens is 1. The highest BCUT2D eigenvalue weighted by atomic mass is 127. The number of nitrogens with two attached hydrogens (primary N) is 1. The van der Waals surface area contributed by atoms with Gasteiger partial charge in [0, 0.05) is 16.2 Å². The van der Waals surface area contributed by atoms with Crippen molar-refractivity contribution >= 4 is 45.6 Å². The maximum atomic E-state index is 11.5. The van der Waals surface area contributed by atoms with Crippen molar-refractivity contribution in [2.24, 2.45) is 0 Å². The Morgan fingerprint density at radius 1 is 1.16 bits per heavy atom. The van der Waals surface area contributed by atoms with E-state index in [1.807, 2.05) is 30.3 Å². The third kappa shape index (κ3) is 3.17. The number of carbonyl (C=O) groups excluding carboxylic acids is 1. The van der Waals surface area contributed by atoms with Crippen LogP contribution in [0, 0.1) is 3.57 Å². The van der Waals surface area contributed by atoms with Crippen LogP contribution in [0.15, 0.2) is 42.5 Å². The summed E-state index contributed by atoms with van der Waals surface area (Å²) in [6.45, 7) is 0. The summed E-state index contributed by atoms with van der Waals surface area (Å²) in [6, 6.07) is 13.1. The molecule has 0 heterocycles. The number of anilines is 3. The van der Waals surface area contributed by atoms with Gasteiger partial charge < -0.3 is 16.4 Å². The summed E-state index contributed by atoms with van der Waals surface area (Å²) in [7, 11) is 1.59. The second-order valence-electron chi connectivity index (χ2n) is 3.99. The van der Waals surface area contributed by atoms with E-state index in [0.717, 1.165) is 14.9 Å². The Bertz CT molecular complexity index is 613. The lowest BCUT2D eigenvalue weighted by molar-refractivity contribution is 0.0963. The molecule has 1 amide bonds. The molecule has 2 rings (SSSR count). The zero-order valence-electron chi connectivity index (χ0n) is 10.4. The second kappa shape index (κ2) is 5.92. The first kappa shape index (κ1) is 13.7. The third-order valence-corrected chi connectivity index (χ3v) is 3.62. The summed E-state index contributed by atoms with van der Waals surface area (Å²) >= 11 is 2.25. The monoisotopic (exact) mass is 367 g/mol. The van der Waals surface area contributed by atoms with Crippen LogP contribution in [-0.2, 0) is 0 Å². The van der Waals surface area contributed by atoms with Gasteiger partial charge in [-0.1, -0.05) is 12.1 Å². The fourth-order valence-electron chi connectivity index (χ4n) is 1.67. The minimum atomic E-state index is -0.146. The highest BCUT2D eigenvalue weighted by Crippen LogP contribution is 2.27. The number of nitrogens with one attached hydrogen (secondary N) is 2. The molecule has 0 saturated heterocycles. The van der Waals surface area contributed by atoms with Crippen LogP contribution in [-0.4, -0.2) is 13.0 Å². The number of hydrogen-bond donors (Lipinski definition) is 3. The third-order valence-electron chi connectivity index (χ3n) is 2.68. The van der Waals surface area contributed by atoms with Gasteiger partial charge in [-0.15, -0.1) is 0 Å². The molecule has 19 heavy (non-hydrogen) atoms. The normalized spacial score (nSPS) is 10.0. The molecule has 0 unspecified atom stereocenters. The summed E-state index contributed by atoms with van der Waals surface area (Å²) in [5.41, 5.74) is 8.84. The molecule has 4 nitrogen and oxygen atoms in total. The fourth-order valence-corrected chi connectivity index (χ4v) is 2.19. The van der Waals surface area contributed by atoms with Crippen molar-refractivity contribution in [3.05, 3.63) is 51.6 Å². The van der Waals surface area contributed by atoms with Crippen molar-refractivity contribution in [3.8, 4) is 0 Å². The lowest BCUT2D eigenvalue weighted by Gasteiger charge is -2.12. The van der Waals surface area contributed by atoms with Crippen molar-refractivity contribution < 1.29 is 4.79 Å². The molecule has 5 heteroatoms. The van der Waals surface area contributed by atoms with E-state index in [4.69, 9.17) is 5.73 Å². The highest BCUT2D eigenvalue weighted by molar-refractivity contribution is 14.1. The number of hydrogen-bond acceptors (Lipinski definition) is 3. The summed E-state index contributed by atoms with van der Waals surface area (Å²) < 4.78 is 1.11. The zero-order chi connectivity index (χ0) is 13.8. The average Bonchev–Trinajstić information content (AvgIpc) is 2.42. The first-order chi connectivity index (χ1) is 9.11. The Morgan fingerprint density at radius 2 is 1.89 bits per heavy atom. The molecule has 0 saturated carbocycles. The Kier molecular flexibility index (Phi) is 4.26. The topological polar surface area (TPSA) is 67.2 Å². The SMILES string of the molecule is CNC(=O)c1ccc(Nc2ccccc2I)c(N)c1. The molecule has 98 valence electrons. The number of carbonyl (C=O) groups is 1. The van der Waals surface area contributed by atoms with E-state index in [-0.39, 0.29) is 5.91 Å². The van der Waals surface area contributed by atoms with Crippen LogP contribution in [0.25, 0.3) is 0 Å².